The van der Waals surface area contributed by atoms with E-state index in [2.05, 4.69) is 26.5 Å². The molecule has 1 aromatic carbocycles. The van der Waals surface area contributed by atoms with E-state index in [9.17, 15) is 14.4 Å². The number of nitrogens with one attached hydrogen (secondary N) is 2. The number of nitrogens with zero attached hydrogens (tertiary/aromatic N) is 5. The molecular weight excluding hydrogens is 656 g/mol. The van der Waals surface area contributed by atoms with Crippen LogP contribution in [0.1, 0.15) is 19.4 Å². The summed E-state index contributed by atoms with van der Waals surface area (Å²) >= 11 is 2.28. The van der Waals surface area contributed by atoms with E-state index < -0.39 is 29.2 Å². The summed E-state index contributed by atoms with van der Waals surface area (Å²) < 4.78 is 53.1. The van der Waals surface area contributed by atoms with Gasteiger partial charge in [0.1, 0.15) is 22.5 Å². The molecule has 0 bridgehead atoms. The molecule has 2 N–H and O–H groups in total. The normalized spacial score (nSPS) is 20.1. The van der Waals surface area contributed by atoms with Gasteiger partial charge in [-0.3, -0.25) is 19.3 Å². The van der Waals surface area contributed by atoms with E-state index in [-0.39, 0.29) is 76.1 Å². The number of hydrogen-bond acceptors (Lipinski definition) is 9. The fourth-order valence-electron chi connectivity index (χ4n) is 6.59. The SMILES string of the molecule is C=CC(=O)N1[C@H](C)CN(c2nc(=O)n3c4c(c(-c5csc6[nH]c(=O)[nH]c56)c(C(F)(F)F)cc24)SCC(Oc2ccncc2)C3)C[C@@H]1C. The summed E-state index contributed by atoms with van der Waals surface area (Å²) in [5.74, 6) is 0.580. The molecule has 5 aromatic rings. The fourth-order valence-corrected chi connectivity index (χ4v) is 8.74. The van der Waals surface area contributed by atoms with Gasteiger partial charge in [-0.1, -0.05) is 6.58 Å². The molecule has 11 nitrogen and oxygen atoms in total. The van der Waals surface area contributed by atoms with Crippen LogP contribution in [0.2, 0.25) is 0 Å². The maximum Gasteiger partial charge on any atom is 0.417 e. The number of H-pyrrole nitrogens is 2. The molecule has 0 spiro atoms. The van der Waals surface area contributed by atoms with E-state index in [1.807, 2.05) is 13.8 Å². The van der Waals surface area contributed by atoms with Crippen molar-refractivity contribution in [2.24, 2.45) is 0 Å². The quantitative estimate of drug-likeness (QED) is 0.251. The number of carbonyl (C=O) groups is 1. The molecular formula is C31H28F3N7O4S2. The number of amides is 1. The largest absolute Gasteiger partial charge is 0.488 e. The molecule has 1 saturated heterocycles. The third kappa shape index (κ3) is 5.38. The maximum atomic E-state index is 15.2. The number of carbonyl (C=O) groups excluding carboxylic acids is 1. The van der Waals surface area contributed by atoms with Crippen molar-refractivity contribution in [2.45, 2.75) is 49.7 Å². The van der Waals surface area contributed by atoms with Gasteiger partial charge in [0.25, 0.3) is 0 Å². The summed E-state index contributed by atoms with van der Waals surface area (Å²) in [6.07, 6.45) is -1.05. The smallest absolute Gasteiger partial charge is 0.417 e. The summed E-state index contributed by atoms with van der Waals surface area (Å²) in [6.45, 7) is 7.77. The average Bonchev–Trinajstić information content (AvgIpc) is 3.51. The molecule has 16 heteroatoms. The number of aromatic nitrogens is 5. The zero-order valence-corrected chi connectivity index (χ0v) is 26.8. The first-order valence-corrected chi connectivity index (χ1v) is 16.6. The lowest BCUT2D eigenvalue weighted by Gasteiger charge is -2.44. The zero-order chi connectivity index (χ0) is 33.2. The molecule has 6 heterocycles. The molecule has 0 radical (unpaired) electrons. The van der Waals surface area contributed by atoms with Crippen molar-refractivity contribution >= 4 is 56.1 Å². The van der Waals surface area contributed by atoms with Gasteiger partial charge >= 0.3 is 17.6 Å². The van der Waals surface area contributed by atoms with Crippen LogP contribution >= 0.6 is 23.1 Å². The number of alkyl halides is 3. The molecule has 1 amide bonds. The molecule has 3 atom stereocenters. The van der Waals surface area contributed by atoms with Gasteiger partial charge in [-0.05, 0) is 38.1 Å². The van der Waals surface area contributed by atoms with Crippen LogP contribution in [0.5, 0.6) is 5.75 Å². The predicted molar refractivity (Wildman–Crippen MR) is 174 cm³/mol. The number of rotatable bonds is 5. The van der Waals surface area contributed by atoms with Gasteiger partial charge in [0.15, 0.2) is 0 Å². The summed E-state index contributed by atoms with van der Waals surface area (Å²) in [5, 5.41) is 1.73. The second-order valence-electron chi connectivity index (χ2n) is 11.6. The van der Waals surface area contributed by atoms with E-state index in [0.29, 0.717) is 16.1 Å². The van der Waals surface area contributed by atoms with Crippen molar-refractivity contribution in [3.63, 3.8) is 0 Å². The zero-order valence-electron chi connectivity index (χ0n) is 25.1. The van der Waals surface area contributed by atoms with Crippen LogP contribution in [0, 0.1) is 0 Å². The Labute approximate surface area is 273 Å². The summed E-state index contributed by atoms with van der Waals surface area (Å²) in [5.41, 5.74) is -1.47. The highest BCUT2D eigenvalue weighted by atomic mass is 32.2. The Balaban J connectivity index is 1.48. The molecule has 4 aromatic heterocycles. The number of halogens is 3. The van der Waals surface area contributed by atoms with Crippen molar-refractivity contribution in [2.75, 3.05) is 23.7 Å². The van der Waals surface area contributed by atoms with Crippen molar-refractivity contribution in [3.05, 3.63) is 75.2 Å². The molecule has 0 aliphatic carbocycles. The molecule has 47 heavy (non-hydrogen) atoms. The highest BCUT2D eigenvalue weighted by Crippen LogP contribution is 2.50. The van der Waals surface area contributed by atoms with Gasteiger partial charge < -0.3 is 19.5 Å². The summed E-state index contributed by atoms with van der Waals surface area (Å²) in [7, 11) is 0. The number of aromatic amines is 2. The number of imidazole rings is 1. The minimum atomic E-state index is -4.81. The Hall–Kier alpha value is -4.57. The fraction of sp³-hybridized carbons (Fsp3) is 0.323. The van der Waals surface area contributed by atoms with E-state index >= 15 is 13.2 Å². The Morgan fingerprint density at radius 3 is 2.53 bits per heavy atom. The van der Waals surface area contributed by atoms with Gasteiger partial charge in [0, 0.05) is 70.1 Å². The van der Waals surface area contributed by atoms with Gasteiger partial charge in [0.2, 0.25) is 5.91 Å². The van der Waals surface area contributed by atoms with Crippen LogP contribution in [0.4, 0.5) is 19.0 Å². The maximum absolute atomic E-state index is 15.2. The summed E-state index contributed by atoms with van der Waals surface area (Å²) in [6, 6.07) is 3.72. The number of hydrogen-bond donors (Lipinski definition) is 2. The lowest BCUT2D eigenvalue weighted by Crippen LogP contribution is -2.58. The minimum Gasteiger partial charge on any atom is -0.488 e. The number of ether oxygens (including phenoxy) is 1. The van der Waals surface area contributed by atoms with Crippen LogP contribution in [-0.2, 0) is 17.5 Å². The van der Waals surface area contributed by atoms with Crippen molar-refractivity contribution in [1.82, 2.24) is 29.4 Å². The number of thioether (sulfide) groups is 1. The molecule has 2 aliphatic rings. The predicted octanol–water partition coefficient (Wildman–Crippen LogP) is 4.87. The van der Waals surface area contributed by atoms with Crippen molar-refractivity contribution in [3.8, 4) is 16.9 Å². The van der Waals surface area contributed by atoms with Crippen LogP contribution in [0.3, 0.4) is 0 Å². The van der Waals surface area contributed by atoms with E-state index in [4.69, 9.17) is 4.74 Å². The Morgan fingerprint density at radius 2 is 1.85 bits per heavy atom. The highest BCUT2D eigenvalue weighted by Gasteiger charge is 2.40. The second kappa shape index (κ2) is 11.6. The van der Waals surface area contributed by atoms with Crippen molar-refractivity contribution in [1.29, 1.82) is 0 Å². The molecule has 244 valence electrons. The third-order valence-corrected chi connectivity index (χ3v) is 10.5. The van der Waals surface area contributed by atoms with Gasteiger partial charge in [-0.15, -0.1) is 23.1 Å². The molecule has 0 saturated carbocycles. The first kappa shape index (κ1) is 31.1. The van der Waals surface area contributed by atoms with E-state index in [1.165, 1.54) is 10.6 Å². The highest BCUT2D eigenvalue weighted by molar-refractivity contribution is 7.99. The van der Waals surface area contributed by atoms with Gasteiger partial charge in [0.05, 0.1) is 23.1 Å². The lowest BCUT2D eigenvalue weighted by atomic mass is 9.97. The monoisotopic (exact) mass is 683 g/mol. The number of fused-ring (bicyclic) bond motifs is 1. The van der Waals surface area contributed by atoms with E-state index in [0.717, 1.165) is 29.2 Å². The molecule has 7 rings (SSSR count). The van der Waals surface area contributed by atoms with Gasteiger partial charge in [-0.2, -0.15) is 18.2 Å². The number of pyridine rings is 1. The summed E-state index contributed by atoms with van der Waals surface area (Å²) in [4.78, 5) is 56.5. The third-order valence-electron chi connectivity index (χ3n) is 8.43. The first-order chi connectivity index (χ1) is 22.4. The second-order valence-corrected chi connectivity index (χ2v) is 13.5. The number of piperazine rings is 1. The van der Waals surface area contributed by atoms with Crippen molar-refractivity contribution < 1.29 is 22.7 Å². The minimum absolute atomic E-state index is 0.0319. The molecule has 2 aliphatic heterocycles. The van der Waals surface area contributed by atoms with Crippen LogP contribution in [-0.4, -0.2) is 72.3 Å². The van der Waals surface area contributed by atoms with Crippen LogP contribution in [0.15, 0.2) is 63.1 Å². The Morgan fingerprint density at radius 1 is 1.13 bits per heavy atom. The Bertz CT molecular complexity index is 2150. The number of anilines is 1. The van der Waals surface area contributed by atoms with Crippen LogP contribution < -0.4 is 21.0 Å². The lowest BCUT2D eigenvalue weighted by molar-refractivity contribution is -0.137. The topological polar surface area (TPSA) is 129 Å². The van der Waals surface area contributed by atoms with Crippen LogP contribution in [0.25, 0.3) is 32.4 Å². The Kier molecular flexibility index (Phi) is 7.66. The van der Waals surface area contributed by atoms with E-state index in [1.54, 1.807) is 39.7 Å². The number of thiophene rings is 1. The van der Waals surface area contributed by atoms with Gasteiger partial charge in [-0.25, -0.2) is 9.59 Å². The molecule has 1 unspecified atom stereocenters. The number of benzene rings is 1. The first-order valence-electron chi connectivity index (χ1n) is 14.7. The average molecular weight is 684 g/mol. The molecule has 1 fully saturated rings. The standard InChI is InChI=1S/C31H28F3N7O4S2/c1-4-22(42)41-15(2)10-39(11-16(41)3)27-19-9-21(31(32,33)34)23(20-14-47-28-24(20)36-29(43)38-28)26-25(19)40(30(44)37-27)12-18(13-46-26)45-17-5-7-35-8-6-17/h4-9,14-16,18H,1,10-13H2,2-3H3,(H2,36,38,43)/t15-,16+,18?.